The maximum Gasteiger partial charge on any atom is 0.408 e. The molecule has 0 aliphatic carbocycles. The van der Waals surface area contributed by atoms with Gasteiger partial charge in [-0.05, 0) is 70.9 Å². The average Bonchev–Trinajstić information content (AvgIpc) is 2.80. The molecule has 0 saturated carbocycles. The van der Waals surface area contributed by atoms with Gasteiger partial charge >= 0.3 is 6.09 Å². The van der Waals surface area contributed by atoms with Crippen molar-refractivity contribution >= 4 is 23.6 Å². The highest BCUT2D eigenvalue weighted by Gasteiger charge is 2.39. The van der Waals surface area contributed by atoms with Gasteiger partial charge in [-0.15, -0.1) is 0 Å². The normalized spacial score (nSPS) is 13.0. The summed E-state index contributed by atoms with van der Waals surface area (Å²) in [6, 6.07) is 10.5. The molecule has 2 unspecified atom stereocenters. The van der Waals surface area contributed by atoms with Crippen molar-refractivity contribution in [2.24, 2.45) is 5.92 Å². The van der Waals surface area contributed by atoms with Crippen molar-refractivity contribution in [1.29, 1.82) is 0 Å². The summed E-state index contributed by atoms with van der Waals surface area (Å²) in [7, 11) is 1.55. The minimum Gasteiger partial charge on any atom is -0.508 e. The Labute approximate surface area is 219 Å². The van der Waals surface area contributed by atoms with Crippen LogP contribution in [0.2, 0.25) is 0 Å². The van der Waals surface area contributed by atoms with Gasteiger partial charge < -0.3 is 30.1 Å². The lowest BCUT2D eigenvalue weighted by molar-refractivity contribution is -0.143. The number of nitrogens with zero attached hydrogens (tertiary/aromatic N) is 1. The zero-order valence-corrected chi connectivity index (χ0v) is 22.9. The van der Waals surface area contributed by atoms with Gasteiger partial charge in [0.05, 0.1) is 7.11 Å². The van der Waals surface area contributed by atoms with E-state index in [0.29, 0.717) is 11.4 Å². The highest BCUT2D eigenvalue weighted by atomic mass is 16.6. The van der Waals surface area contributed by atoms with Gasteiger partial charge in [0.25, 0.3) is 5.91 Å². The smallest absolute Gasteiger partial charge is 0.408 e. The Morgan fingerprint density at radius 3 is 2.03 bits per heavy atom. The third-order valence-corrected chi connectivity index (χ3v) is 5.53. The summed E-state index contributed by atoms with van der Waals surface area (Å²) in [4.78, 5) is 41.6. The van der Waals surface area contributed by atoms with E-state index in [9.17, 15) is 19.5 Å². The van der Waals surface area contributed by atoms with Crippen LogP contribution < -0.4 is 15.4 Å². The number of rotatable bonds is 9. The fourth-order valence-electron chi connectivity index (χ4n) is 3.81. The molecule has 3 amide bonds. The Bertz CT molecular complexity index is 1080. The number of phenolic OH excluding ortho intramolecular Hbond substituents is 1. The minimum absolute atomic E-state index is 0.128. The Kier molecular flexibility index (Phi) is 9.94. The molecule has 0 fully saturated rings. The van der Waals surface area contributed by atoms with Gasteiger partial charge in [0.1, 0.15) is 29.2 Å². The van der Waals surface area contributed by atoms with Gasteiger partial charge in [-0.3, -0.25) is 9.59 Å². The lowest BCUT2D eigenvalue weighted by atomic mass is 9.97. The molecule has 2 atom stereocenters. The van der Waals surface area contributed by atoms with Crippen LogP contribution in [0.5, 0.6) is 11.5 Å². The molecule has 2 rings (SSSR count). The first-order chi connectivity index (χ1) is 17.2. The van der Waals surface area contributed by atoms with E-state index in [1.807, 2.05) is 0 Å². The third kappa shape index (κ3) is 8.13. The van der Waals surface area contributed by atoms with Gasteiger partial charge in [0.2, 0.25) is 5.91 Å². The zero-order valence-electron chi connectivity index (χ0n) is 22.9. The summed E-state index contributed by atoms with van der Waals surface area (Å²) >= 11 is 0. The molecular weight excluding hydrogens is 474 g/mol. The van der Waals surface area contributed by atoms with Crippen LogP contribution in [0.25, 0.3) is 0 Å². The quantitative estimate of drug-likeness (QED) is 0.441. The van der Waals surface area contributed by atoms with E-state index in [0.717, 1.165) is 0 Å². The Morgan fingerprint density at radius 2 is 1.54 bits per heavy atom. The second-order valence-corrected chi connectivity index (χ2v) is 10.4. The van der Waals surface area contributed by atoms with Crippen LogP contribution in [0, 0.1) is 5.92 Å². The SMILES string of the molecule is COc1ccc(NC(=O)C(c2ccccc2O)N(C(=O)C(NC(=O)OC(C)(C)C)C(C)C)C(C)C)cc1. The highest BCUT2D eigenvalue weighted by molar-refractivity contribution is 5.99. The summed E-state index contributed by atoms with van der Waals surface area (Å²) in [6.45, 7) is 12.3. The predicted molar refractivity (Wildman–Crippen MR) is 142 cm³/mol. The number of carbonyl (C=O) groups is 3. The van der Waals surface area contributed by atoms with E-state index in [4.69, 9.17) is 9.47 Å². The number of amides is 3. The maximum absolute atomic E-state index is 14.0. The van der Waals surface area contributed by atoms with Gasteiger partial charge in [-0.2, -0.15) is 0 Å². The molecule has 0 aliphatic heterocycles. The molecule has 9 heteroatoms. The van der Waals surface area contributed by atoms with Crippen molar-refractivity contribution in [3.8, 4) is 11.5 Å². The van der Waals surface area contributed by atoms with E-state index in [-0.39, 0.29) is 17.2 Å². The Morgan fingerprint density at radius 1 is 0.946 bits per heavy atom. The fourth-order valence-corrected chi connectivity index (χ4v) is 3.81. The number of hydrogen-bond acceptors (Lipinski definition) is 6. The fraction of sp³-hybridized carbons (Fsp3) is 0.464. The molecule has 0 saturated heterocycles. The first kappa shape index (κ1) is 29.5. The van der Waals surface area contributed by atoms with Crippen LogP contribution in [0.1, 0.15) is 60.1 Å². The van der Waals surface area contributed by atoms with Crippen molar-refractivity contribution in [3.05, 3.63) is 54.1 Å². The molecule has 202 valence electrons. The van der Waals surface area contributed by atoms with Crippen molar-refractivity contribution in [2.45, 2.75) is 72.2 Å². The Hall–Kier alpha value is -3.75. The van der Waals surface area contributed by atoms with Gasteiger partial charge in [0, 0.05) is 17.3 Å². The molecular formula is C28H39N3O6. The largest absolute Gasteiger partial charge is 0.508 e. The number of ether oxygens (including phenoxy) is 2. The van der Waals surface area contributed by atoms with E-state index in [1.54, 1.807) is 98.0 Å². The number of benzene rings is 2. The van der Waals surface area contributed by atoms with Crippen molar-refractivity contribution in [1.82, 2.24) is 10.2 Å². The first-order valence-corrected chi connectivity index (χ1v) is 12.3. The maximum atomic E-state index is 14.0. The predicted octanol–water partition coefficient (Wildman–Crippen LogP) is 4.87. The van der Waals surface area contributed by atoms with Crippen LogP contribution in [0.15, 0.2) is 48.5 Å². The second-order valence-electron chi connectivity index (χ2n) is 10.4. The molecule has 0 radical (unpaired) electrons. The van der Waals surface area contributed by atoms with Crippen LogP contribution in [-0.2, 0) is 14.3 Å². The molecule has 3 N–H and O–H groups in total. The lowest BCUT2D eigenvalue weighted by Gasteiger charge is -2.38. The summed E-state index contributed by atoms with van der Waals surface area (Å²) in [5.74, 6) is -0.808. The second kappa shape index (κ2) is 12.5. The van der Waals surface area contributed by atoms with Gasteiger partial charge in [0.15, 0.2) is 0 Å². The van der Waals surface area contributed by atoms with E-state index in [1.165, 1.54) is 11.0 Å². The van der Waals surface area contributed by atoms with Crippen LogP contribution in [-0.4, -0.2) is 52.7 Å². The van der Waals surface area contributed by atoms with Crippen LogP contribution in [0.3, 0.4) is 0 Å². The number of para-hydroxylation sites is 1. The van der Waals surface area contributed by atoms with Gasteiger partial charge in [-0.1, -0.05) is 32.0 Å². The number of carbonyl (C=O) groups excluding carboxylic acids is 3. The number of nitrogens with one attached hydrogen (secondary N) is 2. The van der Waals surface area contributed by atoms with E-state index < -0.39 is 41.6 Å². The molecule has 37 heavy (non-hydrogen) atoms. The standard InChI is InChI=1S/C28H39N3O6/c1-17(2)23(30-27(35)37-28(5,6)7)26(34)31(18(3)4)24(21-11-9-10-12-22(21)32)25(33)29-19-13-15-20(36-8)16-14-19/h9-18,23-24,32H,1-8H3,(H,29,33)(H,30,35). The minimum atomic E-state index is -1.18. The summed E-state index contributed by atoms with van der Waals surface area (Å²) in [5.41, 5.74) is 0.00762. The third-order valence-electron chi connectivity index (χ3n) is 5.53. The van der Waals surface area contributed by atoms with Crippen molar-refractivity contribution in [3.63, 3.8) is 0 Å². The first-order valence-electron chi connectivity index (χ1n) is 12.3. The molecule has 9 nitrogen and oxygen atoms in total. The van der Waals surface area contributed by atoms with Gasteiger partial charge in [-0.25, -0.2) is 4.79 Å². The summed E-state index contributed by atoms with van der Waals surface area (Å²) in [5, 5.41) is 16.2. The number of methoxy groups -OCH3 is 1. The molecule has 0 aliphatic rings. The number of aromatic hydroxyl groups is 1. The molecule has 0 bridgehead atoms. The average molecular weight is 514 g/mol. The van der Waals surface area contributed by atoms with E-state index >= 15 is 0 Å². The summed E-state index contributed by atoms with van der Waals surface area (Å²) in [6.07, 6.45) is -0.731. The lowest BCUT2D eigenvalue weighted by Crippen LogP contribution is -2.56. The Balaban J connectivity index is 2.50. The topological polar surface area (TPSA) is 117 Å². The number of hydrogen-bond donors (Lipinski definition) is 3. The number of phenols is 1. The molecule has 0 heterocycles. The van der Waals surface area contributed by atoms with Crippen molar-refractivity contribution in [2.75, 3.05) is 12.4 Å². The molecule has 0 aromatic heterocycles. The monoisotopic (exact) mass is 513 g/mol. The van der Waals surface area contributed by atoms with Crippen LogP contribution >= 0.6 is 0 Å². The molecule has 0 spiro atoms. The summed E-state index contributed by atoms with van der Waals surface area (Å²) < 4.78 is 10.5. The number of anilines is 1. The molecule has 2 aromatic carbocycles. The van der Waals surface area contributed by atoms with E-state index in [2.05, 4.69) is 10.6 Å². The number of alkyl carbamates (subject to hydrolysis) is 1. The van der Waals surface area contributed by atoms with Crippen molar-refractivity contribution < 1.29 is 29.0 Å². The molecule has 2 aromatic rings. The highest BCUT2D eigenvalue weighted by Crippen LogP contribution is 2.32. The van der Waals surface area contributed by atoms with Crippen LogP contribution in [0.4, 0.5) is 10.5 Å². The zero-order chi connectivity index (χ0) is 27.9.